The summed E-state index contributed by atoms with van der Waals surface area (Å²) in [4.78, 5) is 32.7. The van der Waals surface area contributed by atoms with Crippen molar-refractivity contribution in [3.8, 4) is 5.75 Å². The summed E-state index contributed by atoms with van der Waals surface area (Å²) in [6.45, 7) is 3.87. The Kier molecular flexibility index (Phi) is 8.69. The van der Waals surface area contributed by atoms with Crippen LogP contribution in [-0.4, -0.2) is 17.1 Å². The Bertz CT molecular complexity index is 1750. The van der Waals surface area contributed by atoms with Crippen molar-refractivity contribution in [2.45, 2.75) is 26.5 Å². The normalized spacial score (nSPS) is 15.2. The van der Waals surface area contributed by atoms with Gasteiger partial charge in [0.1, 0.15) is 24.2 Å². The predicted octanol–water partition coefficient (Wildman–Crippen LogP) is 5.79. The minimum absolute atomic E-state index is 0.113. The van der Waals surface area contributed by atoms with Gasteiger partial charge in [0.15, 0.2) is 4.80 Å². The van der Waals surface area contributed by atoms with Crippen LogP contribution in [0.4, 0.5) is 4.39 Å². The summed E-state index contributed by atoms with van der Waals surface area (Å²) in [7, 11) is 0. The third kappa shape index (κ3) is 5.77. The van der Waals surface area contributed by atoms with E-state index in [1.165, 1.54) is 28.7 Å². The molecule has 0 aliphatic carbocycles. The Morgan fingerprint density at radius 3 is 2.59 bits per heavy atom. The van der Waals surface area contributed by atoms with E-state index in [0.29, 0.717) is 31.9 Å². The molecule has 6 nitrogen and oxygen atoms in total. The average Bonchev–Trinajstić information content (AvgIpc) is 3.52. The summed E-state index contributed by atoms with van der Waals surface area (Å²) in [5.74, 6) is -0.122. The smallest absolute Gasteiger partial charge is 0.338 e. The van der Waals surface area contributed by atoms with Crippen molar-refractivity contribution in [1.82, 2.24) is 4.57 Å². The van der Waals surface area contributed by atoms with Crippen LogP contribution in [0.1, 0.15) is 35.9 Å². The van der Waals surface area contributed by atoms with Crippen LogP contribution in [0.5, 0.6) is 5.75 Å². The van der Waals surface area contributed by atoms with Gasteiger partial charge in [0.25, 0.3) is 5.56 Å². The third-order valence-corrected chi connectivity index (χ3v) is 9.49. The molecule has 200 valence electrons. The van der Waals surface area contributed by atoms with E-state index in [2.05, 4.69) is 50.2 Å². The lowest BCUT2D eigenvalue weighted by molar-refractivity contribution is -0.139. The monoisotopic (exact) mass is 786 g/mol. The Labute approximate surface area is 258 Å². The van der Waals surface area contributed by atoms with E-state index in [1.807, 2.05) is 35.7 Å². The van der Waals surface area contributed by atoms with E-state index in [1.54, 1.807) is 36.6 Å². The molecule has 2 aromatic heterocycles. The number of esters is 1. The number of aromatic nitrogens is 1. The van der Waals surface area contributed by atoms with Crippen molar-refractivity contribution in [3.05, 3.63) is 114 Å². The molecular formula is C28H21FI2N2O4S2. The SMILES string of the molecule is CCOC(=O)C1=C(C)N=c2s/c(=C\c3cc(I)c(OCc4ccccc4F)c(I)c3)c(=O)n2[C@@H]1c1cccs1. The molecule has 3 heterocycles. The largest absolute Gasteiger partial charge is 0.487 e. The number of rotatable bonds is 7. The second kappa shape index (κ2) is 12.0. The number of hydrogen-bond acceptors (Lipinski definition) is 7. The lowest BCUT2D eigenvalue weighted by Gasteiger charge is -2.23. The van der Waals surface area contributed by atoms with Crippen LogP contribution in [0.25, 0.3) is 6.08 Å². The second-order valence-corrected chi connectivity index (χ2v) is 12.8. The van der Waals surface area contributed by atoms with E-state index >= 15 is 0 Å². The molecule has 0 amide bonds. The van der Waals surface area contributed by atoms with Gasteiger partial charge >= 0.3 is 5.97 Å². The molecule has 0 saturated carbocycles. The number of carbonyl (C=O) groups is 1. The highest BCUT2D eigenvalue weighted by atomic mass is 127. The summed E-state index contributed by atoms with van der Waals surface area (Å²) in [6.07, 6.45) is 1.82. The Morgan fingerprint density at radius 1 is 1.18 bits per heavy atom. The number of allylic oxidation sites excluding steroid dienone is 1. The third-order valence-electron chi connectivity index (χ3n) is 5.98. The molecule has 1 atom stereocenters. The molecule has 11 heteroatoms. The maximum Gasteiger partial charge on any atom is 0.338 e. The van der Waals surface area contributed by atoms with Crippen LogP contribution < -0.4 is 19.6 Å². The molecule has 0 saturated heterocycles. The van der Waals surface area contributed by atoms with Gasteiger partial charge in [-0.05, 0) is 100 Å². The zero-order chi connectivity index (χ0) is 27.7. The Morgan fingerprint density at radius 2 is 1.92 bits per heavy atom. The van der Waals surface area contributed by atoms with E-state index in [9.17, 15) is 14.0 Å². The fraction of sp³-hybridized carbons (Fsp3) is 0.179. The molecule has 1 aliphatic rings. The van der Waals surface area contributed by atoms with Gasteiger partial charge in [0.2, 0.25) is 0 Å². The van der Waals surface area contributed by atoms with Crippen molar-refractivity contribution in [2.75, 3.05) is 6.61 Å². The molecule has 0 fully saturated rings. The summed E-state index contributed by atoms with van der Waals surface area (Å²) < 4.78 is 29.1. The summed E-state index contributed by atoms with van der Waals surface area (Å²) in [5, 5.41) is 1.92. The number of halogens is 3. The number of fused-ring (bicyclic) bond motifs is 1. The fourth-order valence-electron chi connectivity index (χ4n) is 4.22. The topological polar surface area (TPSA) is 69.9 Å². The van der Waals surface area contributed by atoms with Crippen LogP contribution in [0.15, 0.2) is 75.0 Å². The van der Waals surface area contributed by atoms with Crippen molar-refractivity contribution < 1.29 is 18.7 Å². The predicted molar refractivity (Wildman–Crippen MR) is 167 cm³/mol. The quantitative estimate of drug-likeness (QED) is 0.176. The minimum atomic E-state index is -0.600. The van der Waals surface area contributed by atoms with E-state index in [0.717, 1.165) is 17.6 Å². The van der Waals surface area contributed by atoms with Crippen LogP contribution in [0.3, 0.4) is 0 Å². The van der Waals surface area contributed by atoms with Crippen LogP contribution >= 0.6 is 67.9 Å². The fourth-order valence-corrected chi connectivity index (χ4v) is 8.22. The maximum absolute atomic E-state index is 14.0. The highest BCUT2D eigenvalue weighted by Crippen LogP contribution is 2.33. The van der Waals surface area contributed by atoms with E-state index < -0.39 is 12.0 Å². The van der Waals surface area contributed by atoms with Gasteiger partial charge < -0.3 is 9.47 Å². The molecule has 0 radical (unpaired) electrons. The molecule has 5 rings (SSSR count). The van der Waals surface area contributed by atoms with Gasteiger partial charge in [-0.1, -0.05) is 35.6 Å². The molecule has 39 heavy (non-hydrogen) atoms. The van der Waals surface area contributed by atoms with Gasteiger partial charge in [-0.3, -0.25) is 9.36 Å². The first-order chi connectivity index (χ1) is 18.8. The standard InChI is InChI=1S/C28H21FI2N2O4S2/c1-3-36-27(35)23-15(2)32-28-33(24(23)21-9-6-10-38-21)26(34)22(39-28)13-16-11-19(30)25(20(31)12-16)37-14-17-7-4-5-8-18(17)29/h4-13,24H,3,14H2,1-2H3/b22-13-/t24-/m1/s1. The first-order valence-corrected chi connectivity index (χ1v) is 15.7. The summed E-state index contributed by atoms with van der Waals surface area (Å²) >= 11 is 7.13. The number of thiophene rings is 1. The van der Waals surface area contributed by atoms with Crippen molar-refractivity contribution in [3.63, 3.8) is 0 Å². The second-order valence-electron chi connectivity index (χ2n) is 8.51. The molecule has 0 spiro atoms. The first kappa shape index (κ1) is 28.2. The van der Waals surface area contributed by atoms with Gasteiger partial charge in [0, 0.05) is 10.4 Å². The number of benzene rings is 2. The van der Waals surface area contributed by atoms with Crippen LogP contribution in [-0.2, 0) is 16.1 Å². The van der Waals surface area contributed by atoms with Crippen molar-refractivity contribution in [2.24, 2.45) is 4.99 Å². The number of carbonyl (C=O) groups excluding carboxylic acids is 1. The van der Waals surface area contributed by atoms with Gasteiger partial charge in [-0.25, -0.2) is 14.2 Å². The summed E-state index contributed by atoms with van der Waals surface area (Å²) in [5.41, 5.74) is 1.99. The number of nitrogens with zero attached hydrogens (tertiary/aromatic N) is 2. The maximum atomic E-state index is 14.0. The highest BCUT2D eigenvalue weighted by Gasteiger charge is 2.33. The minimum Gasteiger partial charge on any atom is -0.487 e. The van der Waals surface area contributed by atoms with E-state index in [-0.39, 0.29) is 24.6 Å². The molecule has 1 aliphatic heterocycles. The lowest BCUT2D eigenvalue weighted by Crippen LogP contribution is -2.39. The zero-order valence-corrected chi connectivity index (χ0v) is 26.7. The Hall–Kier alpha value is -2.36. The number of ether oxygens (including phenoxy) is 2. The zero-order valence-electron chi connectivity index (χ0n) is 20.7. The highest BCUT2D eigenvalue weighted by molar-refractivity contribution is 14.1. The number of hydrogen-bond donors (Lipinski definition) is 0. The molecule has 0 bridgehead atoms. The van der Waals surface area contributed by atoms with Crippen LogP contribution in [0.2, 0.25) is 0 Å². The number of thiazole rings is 1. The Balaban J connectivity index is 1.54. The molecular weight excluding hydrogens is 765 g/mol. The van der Waals surface area contributed by atoms with Crippen molar-refractivity contribution in [1.29, 1.82) is 0 Å². The molecule has 0 N–H and O–H groups in total. The molecule has 4 aromatic rings. The lowest BCUT2D eigenvalue weighted by atomic mass is 10.0. The summed E-state index contributed by atoms with van der Waals surface area (Å²) in [6, 6.07) is 13.6. The molecule has 0 unspecified atom stereocenters. The van der Waals surface area contributed by atoms with Gasteiger partial charge in [-0.2, -0.15) is 0 Å². The van der Waals surface area contributed by atoms with Crippen molar-refractivity contribution >= 4 is 79.9 Å². The van der Waals surface area contributed by atoms with Gasteiger partial charge in [-0.15, -0.1) is 11.3 Å². The molecule has 2 aromatic carbocycles. The van der Waals surface area contributed by atoms with Crippen LogP contribution in [0, 0.1) is 13.0 Å². The van der Waals surface area contributed by atoms with Gasteiger partial charge in [0.05, 0.1) is 29.5 Å². The first-order valence-electron chi connectivity index (χ1n) is 11.9. The average molecular weight is 786 g/mol. The van der Waals surface area contributed by atoms with E-state index in [4.69, 9.17) is 9.47 Å².